The molecule has 0 radical (unpaired) electrons. The standard InChI is InChI=1S/C15H19F3N4O2S/c1-9-6-10(2)21-14(20-9)25-7-12(23)22-5-3-4-11(22)13(24)19-8-15(16,17)18/h6,11H,3-5,7-8H2,1-2H3,(H,19,24)/t11-/m1/s1. The van der Waals surface area contributed by atoms with E-state index in [2.05, 4.69) is 9.97 Å². The van der Waals surface area contributed by atoms with Gasteiger partial charge in [0.05, 0.1) is 5.75 Å². The monoisotopic (exact) mass is 376 g/mol. The van der Waals surface area contributed by atoms with Crippen LogP contribution in [0.25, 0.3) is 0 Å². The molecule has 2 amide bonds. The molecule has 6 nitrogen and oxygen atoms in total. The second kappa shape index (κ2) is 8.03. The molecule has 138 valence electrons. The van der Waals surface area contributed by atoms with Gasteiger partial charge in [-0.3, -0.25) is 9.59 Å². The molecule has 0 bridgehead atoms. The van der Waals surface area contributed by atoms with Gasteiger partial charge in [-0.05, 0) is 32.8 Å². The Hall–Kier alpha value is -1.84. The molecule has 1 fully saturated rings. The molecule has 1 N–H and O–H groups in total. The second-order valence-electron chi connectivity index (χ2n) is 5.80. The number of aryl methyl sites for hydroxylation is 2. The molecular formula is C15H19F3N4O2S. The number of alkyl halides is 3. The Morgan fingerprint density at radius 2 is 1.96 bits per heavy atom. The predicted molar refractivity (Wildman–Crippen MR) is 86.0 cm³/mol. The van der Waals surface area contributed by atoms with Crippen LogP contribution >= 0.6 is 11.8 Å². The summed E-state index contributed by atoms with van der Waals surface area (Å²) in [6.45, 7) is 2.61. The van der Waals surface area contributed by atoms with Gasteiger partial charge in [-0.25, -0.2) is 9.97 Å². The summed E-state index contributed by atoms with van der Waals surface area (Å²) in [6.07, 6.45) is -3.53. The number of hydrogen-bond donors (Lipinski definition) is 1. The first-order chi connectivity index (χ1) is 11.7. The van der Waals surface area contributed by atoms with Crippen molar-refractivity contribution in [2.75, 3.05) is 18.8 Å². The fourth-order valence-corrected chi connectivity index (χ4v) is 3.45. The summed E-state index contributed by atoms with van der Waals surface area (Å²) in [6, 6.07) is 0.962. The normalized spacial score (nSPS) is 17.6. The summed E-state index contributed by atoms with van der Waals surface area (Å²) >= 11 is 1.15. The summed E-state index contributed by atoms with van der Waals surface area (Å²) < 4.78 is 36.7. The summed E-state index contributed by atoms with van der Waals surface area (Å²) in [5, 5.41) is 2.31. The number of nitrogens with one attached hydrogen (secondary N) is 1. The first-order valence-corrected chi connectivity index (χ1v) is 8.73. The minimum Gasteiger partial charge on any atom is -0.345 e. The van der Waals surface area contributed by atoms with Crippen molar-refractivity contribution in [3.05, 3.63) is 17.5 Å². The van der Waals surface area contributed by atoms with Crippen molar-refractivity contribution >= 4 is 23.6 Å². The molecule has 1 aromatic rings. The number of carbonyl (C=O) groups is 2. The number of thioether (sulfide) groups is 1. The Bertz CT molecular complexity index is 634. The maximum Gasteiger partial charge on any atom is 0.405 e. The van der Waals surface area contributed by atoms with Crippen molar-refractivity contribution in [2.24, 2.45) is 0 Å². The second-order valence-corrected chi connectivity index (χ2v) is 6.74. The van der Waals surface area contributed by atoms with Gasteiger partial charge < -0.3 is 10.2 Å². The first-order valence-electron chi connectivity index (χ1n) is 7.75. The Balaban J connectivity index is 1.92. The molecule has 2 heterocycles. The van der Waals surface area contributed by atoms with Gasteiger partial charge in [0.15, 0.2) is 5.16 Å². The highest BCUT2D eigenvalue weighted by Gasteiger charge is 2.36. The molecule has 1 aromatic heterocycles. The summed E-state index contributed by atoms with van der Waals surface area (Å²) in [5.74, 6) is -1.04. The first kappa shape index (κ1) is 19.5. The van der Waals surface area contributed by atoms with E-state index in [9.17, 15) is 22.8 Å². The lowest BCUT2D eigenvalue weighted by atomic mass is 10.2. The molecular weight excluding hydrogens is 357 g/mol. The number of nitrogens with zero attached hydrogens (tertiary/aromatic N) is 3. The lowest BCUT2D eigenvalue weighted by Gasteiger charge is -2.24. The molecule has 10 heteroatoms. The zero-order valence-corrected chi connectivity index (χ0v) is 14.7. The third-order valence-corrected chi connectivity index (χ3v) is 4.46. The summed E-state index contributed by atoms with van der Waals surface area (Å²) in [4.78, 5) is 34.1. The maximum atomic E-state index is 12.4. The van der Waals surface area contributed by atoms with Gasteiger partial charge in [-0.2, -0.15) is 13.2 Å². The number of carbonyl (C=O) groups excluding carboxylic acids is 2. The zero-order valence-electron chi connectivity index (χ0n) is 13.9. The molecule has 0 saturated carbocycles. The molecule has 0 spiro atoms. The predicted octanol–water partition coefficient (Wildman–Crippen LogP) is 1.86. The smallest absolute Gasteiger partial charge is 0.345 e. The van der Waals surface area contributed by atoms with E-state index in [1.807, 2.05) is 25.2 Å². The quantitative estimate of drug-likeness (QED) is 0.627. The van der Waals surface area contributed by atoms with Crippen molar-refractivity contribution in [2.45, 2.75) is 44.1 Å². The van der Waals surface area contributed by atoms with Gasteiger partial charge in [0.2, 0.25) is 11.8 Å². The third-order valence-electron chi connectivity index (χ3n) is 3.63. The van der Waals surface area contributed by atoms with Crippen LogP contribution in [0.1, 0.15) is 24.2 Å². The molecule has 0 aromatic carbocycles. The Morgan fingerprint density at radius 3 is 2.56 bits per heavy atom. The van der Waals surface area contributed by atoms with Crippen molar-refractivity contribution in [3.63, 3.8) is 0 Å². The third kappa shape index (κ3) is 5.87. The summed E-state index contributed by atoms with van der Waals surface area (Å²) in [7, 11) is 0. The largest absolute Gasteiger partial charge is 0.405 e. The Kier molecular flexibility index (Phi) is 6.26. The van der Waals surface area contributed by atoms with E-state index in [1.165, 1.54) is 4.90 Å². The minimum atomic E-state index is -4.47. The number of rotatable bonds is 5. The lowest BCUT2D eigenvalue weighted by molar-refractivity contribution is -0.144. The molecule has 25 heavy (non-hydrogen) atoms. The van der Waals surface area contributed by atoms with Crippen LogP contribution in [0.5, 0.6) is 0 Å². The molecule has 1 aliphatic rings. The number of likely N-dealkylation sites (tertiary alicyclic amines) is 1. The van der Waals surface area contributed by atoms with Crippen molar-refractivity contribution in [1.82, 2.24) is 20.2 Å². The Labute approximate surface area is 147 Å². The van der Waals surface area contributed by atoms with Crippen LogP contribution in [0, 0.1) is 13.8 Å². The van der Waals surface area contributed by atoms with Crippen LogP contribution < -0.4 is 5.32 Å². The van der Waals surface area contributed by atoms with Gasteiger partial charge in [-0.15, -0.1) is 0 Å². The molecule has 0 unspecified atom stereocenters. The molecule has 0 aliphatic carbocycles. The summed E-state index contributed by atoms with van der Waals surface area (Å²) in [5.41, 5.74) is 1.57. The van der Waals surface area contributed by atoms with Crippen molar-refractivity contribution in [3.8, 4) is 0 Å². The minimum absolute atomic E-state index is 0.0337. The van der Waals surface area contributed by atoms with E-state index in [-0.39, 0.29) is 11.7 Å². The van der Waals surface area contributed by atoms with Crippen LogP contribution in [-0.4, -0.2) is 57.7 Å². The SMILES string of the molecule is Cc1cc(C)nc(SCC(=O)N2CCC[C@@H]2C(=O)NCC(F)(F)F)n1. The van der Waals surface area contributed by atoms with Crippen molar-refractivity contribution < 1.29 is 22.8 Å². The average molecular weight is 376 g/mol. The topological polar surface area (TPSA) is 75.2 Å². The molecule has 1 aliphatic heterocycles. The fraction of sp³-hybridized carbons (Fsp3) is 0.600. The number of aromatic nitrogens is 2. The van der Waals surface area contributed by atoms with Crippen LogP contribution in [0.15, 0.2) is 11.2 Å². The van der Waals surface area contributed by atoms with Crippen LogP contribution in [0.3, 0.4) is 0 Å². The zero-order chi connectivity index (χ0) is 18.6. The van der Waals surface area contributed by atoms with E-state index in [4.69, 9.17) is 0 Å². The molecule has 1 atom stereocenters. The van der Waals surface area contributed by atoms with Crippen LogP contribution in [-0.2, 0) is 9.59 Å². The van der Waals surface area contributed by atoms with E-state index >= 15 is 0 Å². The highest BCUT2D eigenvalue weighted by atomic mass is 32.2. The average Bonchev–Trinajstić information content (AvgIpc) is 2.98. The van der Waals surface area contributed by atoms with Crippen molar-refractivity contribution in [1.29, 1.82) is 0 Å². The van der Waals surface area contributed by atoms with Gasteiger partial charge in [0, 0.05) is 17.9 Å². The van der Waals surface area contributed by atoms with Gasteiger partial charge in [0.25, 0.3) is 0 Å². The van der Waals surface area contributed by atoms with E-state index in [0.29, 0.717) is 24.5 Å². The highest BCUT2D eigenvalue weighted by Crippen LogP contribution is 2.21. The number of hydrogen-bond acceptors (Lipinski definition) is 5. The number of halogens is 3. The Morgan fingerprint density at radius 1 is 1.32 bits per heavy atom. The van der Waals surface area contributed by atoms with Gasteiger partial charge in [0.1, 0.15) is 12.6 Å². The molecule has 2 rings (SSSR count). The lowest BCUT2D eigenvalue weighted by Crippen LogP contribution is -2.48. The van der Waals surface area contributed by atoms with E-state index in [0.717, 1.165) is 23.1 Å². The molecule has 1 saturated heterocycles. The van der Waals surface area contributed by atoms with Gasteiger partial charge in [-0.1, -0.05) is 11.8 Å². The van der Waals surface area contributed by atoms with E-state index in [1.54, 1.807) is 0 Å². The fourth-order valence-electron chi connectivity index (χ4n) is 2.61. The van der Waals surface area contributed by atoms with Gasteiger partial charge >= 0.3 is 6.18 Å². The maximum absolute atomic E-state index is 12.4. The van der Waals surface area contributed by atoms with Crippen LogP contribution in [0.2, 0.25) is 0 Å². The van der Waals surface area contributed by atoms with Crippen LogP contribution in [0.4, 0.5) is 13.2 Å². The number of amides is 2. The van der Waals surface area contributed by atoms with E-state index < -0.39 is 24.7 Å². The highest BCUT2D eigenvalue weighted by molar-refractivity contribution is 7.99.